The van der Waals surface area contributed by atoms with E-state index in [1.54, 1.807) is 13.4 Å². The van der Waals surface area contributed by atoms with Gasteiger partial charge in [-0.05, 0) is 38.3 Å². The molecule has 1 aromatic heterocycles. The van der Waals surface area contributed by atoms with Gasteiger partial charge < -0.3 is 14.5 Å². The summed E-state index contributed by atoms with van der Waals surface area (Å²) in [5.41, 5.74) is 1.30. The van der Waals surface area contributed by atoms with Crippen LogP contribution in [0.25, 0.3) is 0 Å². The number of nitrogens with one attached hydrogen (secondary N) is 1. The second-order valence-corrected chi connectivity index (χ2v) is 5.69. The number of nitrogens with zero attached hydrogens (tertiary/aromatic N) is 1. The molecule has 0 amide bonds. The van der Waals surface area contributed by atoms with Crippen LogP contribution in [-0.2, 0) is 17.8 Å². The van der Waals surface area contributed by atoms with Crippen molar-refractivity contribution in [2.45, 2.75) is 45.8 Å². The third kappa shape index (κ3) is 4.33. The van der Waals surface area contributed by atoms with E-state index < -0.39 is 0 Å². The van der Waals surface area contributed by atoms with Gasteiger partial charge in [-0.2, -0.15) is 0 Å². The molecule has 0 saturated heterocycles. The molecule has 1 aliphatic rings. The largest absolute Gasteiger partial charge is 0.468 e. The van der Waals surface area contributed by atoms with Crippen LogP contribution >= 0.6 is 0 Å². The van der Waals surface area contributed by atoms with Crippen LogP contribution in [0.3, 0.4) is 0 Å². The standard InChI is InChI=1S/C16H28N2O2/c1-4-17-11-16-15(7-9-20-16)12-18(8-10-19-3)13(2)14-5-6-14/h7,9,13-14,17H,4-6,8,10-12H2,1-3H3. The normalized spacial score (nSPS) is 16.8. The highest BCUT2D eigenvalue weighted by Gasteiger charge is 2.32. The molecule has 1 fully saturated rings. The van der Waals surface area contributed by atoms with Gasteiger partial charge in [-0.1, -0.05) is 6.92 Å². The predicted octanol–water partition coefficient (Wildman–Crippen LogP) is 2.64. The summed E-state index contributed by atoms with van der Waals surface area (Å²) in [5.74, 6) is 1.94. The molecular weight excluding hydrogens is 252 g/mol. The van der Waals surface area contributed by atoms with Gasteiger partial charge in [0.15, 0.2) is 0 Å². The molecule has 0 aromatic carbocycles. The number of hydrogen-bond acceptors (Lipinski definition) is 4. The third-order valence-electron chi connectivity index (χ3n) is 4.21. The van der Waals surface area contributed by atoms with Crippen molar-refractivity contribution in [3.63, 3.8) is 0 Å². The van der Waals surface area contributed by atoms with E-state index in [2.05, 4.69) is 30.1 Å². The summed E-state index contributed by atoms with van der Waals surface area (Å²) in [6, 6.07) is 2.73. The van der Waals surface area contributed by atoms with Crippen LogP contribution in [0.1, 0.15) is 38.0 Å². The van der Waals surface area contributed by atoms with E-state index in [1.807, 2.05) is 0 Å². The molecule has 0 aliphatic heterocycles. The van der Waals surface area contributed by atoms with Gasteiger partial charge in [0.1, 0.15) is 5.76 Å². The molecular formula is C16H28N2O2. The minimum absolute atomic E-state index is 0.632. The Labute approximate surface area is 122 Å². The molecule has 0 spiro atoms. The molecule has 114 valence electrons. The van der Waals surface area contributed by atoms with E-state index in [-0.39, 0.29) is 0 Å². The molecule has 1 heterocycles. The Hall–Kier alpha value is -0.840. The highest BCUT2D eigenvalue weighted by atomic mass is 16.5. The molecule has 2 rings (SSSR count). The van der Waals surface area contributed by atoms with Crippen molar-refractivity contribution in [2.24, 2.45) is 5.92 Å². The van der Waals surface area contributed by atoms with Crippen molar-refractivity contribution >= 4 is 0 Å². The summed E-state index contributed by atoms with van der Waals surface area (Å²) in [7, 11) is 1.77. The van der Waals surface area contributed by atoms with Crippen LogP contribution in [0, 0.1) is 5.92 Å². The Morgan fingerprint density at radius 2 is 2.30 bits per heavy atom. The summed E-state index contributed by atoms with van der Waals surface area (Å²) >= 11 is 0. The fourth-order valence-electron chi connectivity index (χ4n) is 2.63. The number of hydrogen-bond donors (Lipinski definition) is 1. The molecule has 1 N–H and O–H groups in total. The average Bonchev–Trinajstić information content (AvgIpc) is 3.21. The fourth-order valence-corrected chi connectivity index (χ4v) is 2.63. The van der Waals surface area contributed by atoms with Crippen molar-refractivity contribution < 1.29 is 9.15 Å². The van der Waals surface area contributed by atoms with E-state index in [9.17, 15) is 0 Å². The molecule has 0 radical (unpaired) electrons. The number of rotatable bonds is 10. The first kappa shape index (κ1) is 15.5. The first-order valence-corrected chi connectivity index (χ1v) is 7.75. The number of methoxy groups -OCH3 is 1. The van der Waals surface area contributed by atoms with Gasteiger partial charge in [-0.15, -0.1) is 0 Å². The van der Waals surface area contributed by atoms with Crippen LogP contribution in [0.15, 0.2) is 16.7 Å². The maximum absolute atomic E-state index is 5.61. The molecule has 4 heteroatoms. The zero-order chi connectivity index (χ0) is 14.4. The maximum atomic E-state index is 5.61. The lowest BCUT2D eigenvalue weighted by Gasteiger charge is -2.29. The molecule has 1 aromatic rings. The van der Waals surface area contributed by atoms with Gasteiger partial charge in [0.25, 0.3) is 0 Å². The molecule has 4 nitrogen and oxygen atoms in total. The smallest absolute Gasteiger partial charge is 0.122 e. The minimum Gasteiger partial charge on any atom is -0.468 e. The van der Waals surface area contributed by atoms with Gasteiger partial charge in [-0.3, -0.25) is 4.90 Å². The number of furan rings is 1. The summed E-state index contributed by atoms with van der Waals surface area (Å²) in [4.78, 5) is 2.53. The van der Waals surface area contributed by atoms with Gasteiger partial charge in [0.2, 0.25) is 0 Å². The van der Waals surface area contributed by atoms with Crippen LogP contribution in [0.4, 0.5) is 0 Å². The summed E-state index contributed by atoms with van der Waals surface area (Å²) in [6.07, 6.45) is 4.55. The monoisotopic (exact) mass is 280 g/mol. The number of ether oxygens (including phenoxy) is 1. The molecule has 1 saturated carbocycles. The SMILES string of the molecule is CCNCc1occc1CN(CCOC)C(C)C1CC1. The minimum atomic E-state index is 0.632. The van der Waals surface area contributed by atoms with E-state index in [0.29, 0.717) is 6.04 Å². The lowest BCUT2D eigenvalue weighted by molar-refractivity contribution is 0.111. The Balaban J connectivity index is 1.96. The highest BCUT2D eigenvalue weighted by molar-refractivity contribution is 5.17. The van der Waals surface area contributed by atoms with Gasteiger partial charge in [0, 0.05) is 31.8 Å². The Morgan fingerprint density at radius 3 is 2.95 bits per heavy atom. The van der Waals surface area contributed by atoms with E-state index >= 15 is 0 Å². The first-order chi connectivity index (χ1) is 9.76. The van der Waals surface area contributed by atoms with Crippen molar-refractivity contribution in [1.29, 1.82) is 0 Å². The third-order valence-corrected chi connectivity index (χ3v) is 4.21. The Kier molecular flexibility index (Phi) is 6.07. The Bertz CT molecular complexity index is 388. The predicted molar refractivity (Wildman–Crippen MR) is 80.6 cm³/mol. The molecule has 0 bridgehead atoms. The maximum Gasteiger partial charge on any atom is 0.122 e. The average molecular weight is 280 g/mol. The second-order valence-electron chi connectivity index (χ2n) is 5.69. The van der Waals surface area contributed by atoms with Crippen LogP contribution in [0.5, 0.6) is 0 Å². The van der Waals surface area contributed by atoms with Crippen LogP contribution in [-0.4, -0.2) is 37.7 Å². The van der Waals surface area contributed by atoms with Crippen LogP contribution in [0.2, 0.25) is 0 Å². The van der Waals surface area contributed by atoms with Gasteiger partial charge in [-0.25, -0.2) is 0 Å². The molecule has 1 aliphatic carbocycles. The zero-order valence-electron chi connectivity index (χ0n) is 13.0. The van der Waals surface area contributed by atoms with Crippen molar-refractivity contribution in [1.82, 2.24) is 10.2 Å². The highest BCUT2D eigenvalue weighted by Crippen LogP contribution is 2.35. The van der Waals surface area contributed by atoms with Gasteiger partial charge in [0.05, 0.1) is 19.4 Å². The summed E-state index contributed by atoms with van der Waals surface area (Å²) in [5, 5.41) is 3.33. The van der Waals surface area contributed by atoms with E-state index in [0.717, 1.165) is 44.5 Å². The van der Waals surface area contributed by atoms with Crippen molar-refractivity contribution in [3.8, 4) is 0 Å². The van der Waals surface area contributed by atoms with Crippen LogP contribution < -0.4 is 5.32 Å². The summed E-state index contributed by atoms with van der Waals surface area (Å²) in [6.45, 7) is 8.97. The first-order valence-electron chi connectivity index (χ1n) is 7.75. The second kappa shape index (κ2) is 7.81. The van der Waals surface area contributed by atoms with E-state index in [1.165, 1.54) is 18.4 Å². The zero-order valence-corrected chi connectivity index (χ0v) is 13.0. The van der Waals surface area contributed by atoms with Crippen molar-refractivity contribution in [2.75, 3.05) is 26.8 Å². The van der Waals surface area contributed by atoms with Crippen molar-refractivity contribution in [3.05, 3.63) is 23.7 Å². The Morgan fingerprint density at radius 1 is 1.50 bits per heavy atom. The van der Waals surface area contributed by atoms with E-state index in [4.69, 9.17) is 9.15 Å². The molecule has 1 atom stereocenters. The molecule has 20 heavy (non-hydrogen) atoms. The summed E-state index contributed by atoms with van der Waals surface area (Å²) < 4.78 is 10.9. The molecule has 1 unspecified atom stereocenters. The quantitative estimate of drug-likeness (QED) is 0.715. The van der Waals surface area contributed by atoms with Gasteiger partial charge >= 0.3 is 0 Å². The lowest BCUT2D eigenvalue weighted by Crippen LogP contribution is -2.36. The fraction of sp³-hybridized carbons (Fsp3) is 0.750. The lowest BCUT2D eigenvalue weighted by atomic mass is 10.1. The topological polar surface area (TPSA) is 37.6 Å².